The van der Waals surface area contributed by atoms with E-state index in [0.29, 0.717) is 6.07 Å². The zero-order valence-electron chi connectivity index (χ0n) is 8.17. The fourth-order valence-electron chi connectivity index (χ4n) is 1.16. The van der Waals surface area contributed by atoms with Gasteiger partial charge in [-0.15, -0.1) is 0 Å². The Bertz CT molecular complexity index is 501. The number of nitrogens with zero attached hydrogens (tertiary/aromatic N) is 2. The molecule has 2 unspecified atom stereocenters. The van der Waals surface area contributed by atoms with Crippen molar-refractivity contribution in [1.82, 2.24) is 0 Å². The number of aliphatic hydroxyl groups is 2. The number of aliphatic hydroxyl groups excluding tert-OH is 2. The van der Waals surface area contributed by atoms with Crippen molar-refractivity contribution in [2.24, 2.45) is 0 Å². The summed E-state index contributed by atoms with van der Waals surface area (Å²) in [6.07, 6.45) is -3.95. The number of halogens is 2. The highest BCUT2D eigenvalue weighted by Gasteiger charge is 2.26. The van der Waals surface area contributed by atoms with E-state index in [-0.39, 0.29) is 6.07 Å². The molecular formula is C9H6F2N2O4. The molecule has 0 aliphatic heterocycles. The normalized spacial score (nSPS) is 13.8. The number of nitro groups is 1. The van der Waals surface area contributed by atoms with Crippen molar-refractivity contribution >= 4 is 5.69 Å². The van der Waals surface area contributed by atoms with Crippen LogP contribution >= 0.6 is 0 Å². The molecule has 0 bridgehead atoms. The molecule has 90 valence electrons. The lowest BCUT2D eigenvalue weighted by Crippen LogP contribution is -2.17. The van der Waals surface area contributed by atoms with Crippen LogP contribution in [-0.2, 0) is 0 Å². The van der Waals surface area contributed by atoms with Crippen LogP contribution in [0.1, 0.15) is 11.7 Å². The fourth-order valence-corrected chi connectivity index (χ4v) is 1.16. The van der Waals surface area contributed by atoms with Gasteiger partial charge in [0.1, 0.15) is 11.9 Å². The Morgan fingerprint density at radius 2 is 1.94 bits per heavy atom. The second kappa shape index (κ2) is 4.82. The largest absolute Gasteiger partial charge is 0.384 e. The molecule has 2 atom stereocenters. The van der Waals surface area contributed by atoms with Crippen molar-refractivity contribution in [3.05, 3.63) is 39.4 Å². The van der Waals surface area contributed by atoms with Gasteiger partial charge in [0.15, 0.2) is 6.10 Å². The van der Waals surface area contributed by atoms with E-state index in [2.05, 4.69) is 0 Å². The van der Waals surface area contributed by atoms with Crippen molar-refractivity contribution in [2.75, 3.05) is 0 Å². The predicted molar refractivity (Wildman–Crippen MR) is 49.6 cm³/mol. The van der Waals surface area contributed by atoms with Crippen LogP contribution in [0.4, 0.5) is 14.5 Å². The number of rotatable bonds is 3. The van der Waals surface area contributed by atoms with E-state index in [1.807, 2.05) is 0 Å². The number of nitriles is 1. The maximum absolute atomic E-state index is 13.2. The molecule has 0 saturated carbocycles. The minimum Gasteiger partial charge on any atom is -0.384 e. The van der Waals surface area contributed by atoms with Crippen LogP contribution in [0.2, 0.25) is 0 Å². The summed E-state index contributed by atoms with van der Waals surface area (Å²) in [4.78, 5) is 9.27. The zero-order valence-corrected chi connectivity index (χ0v) is 8.17. The third kappa shape index (κ3) is 2.52. The van der Waals surface area contributed by atoms with Crippen molar-refractivity contribution < 1.29 is 23.9 Å². The molecule has 0 radical (unpaired) electrons. The Balaban J connectivity index is 3.30. The van der Waals surface area contributed by atoms with E-state index >= 15 is 0 Å². The van der Waals surface area contributed by atoms with Crippen molar-refractivity contribution in [2.45, 2.75) is 12.2 Å². The number of hydrogen-bond acceptors (Lipinski definition) is 5. The van der Waals surface area contributed by atoms with Gasteiger partial charge in [0.25, 0.3) is 0 Å². The van der Waals surface area contributed by atoms with Crippen LogP contribution in [0, 0.1) is 33.1 Å². The Labute approximate surface area is 93.5 Å². The highest BCUT2D eigenvalue weighted by Crippen LogP contribution is 2.27. The standard InChI is InChI=1S/C9H6F2N2O4/c10-5-2-6(11)7(13(16)17)1-4(5)9(15)8(14)3-12/h1-2,8-9,14-15H. The van der Waals surface area contributed by atoms with Crippen molar-refractivity contribution in [1.29, 1.82) is 5.26 Å². The van der Waals surface area contributed by atoms with E-state index < -0.39 is 40.0 Å². The van der Waals surface area contributed by atoms with Gasteiger partial charge in [0.05, 0.1) is 11.0 Å². The molecule has 2 N–H and O–H groups in total. The maximum Gasteiger partial charge on any atom is 0.305 e. The van der Waals surface area contributed by atoms with Crippen LogP contribution in [0.15, 0.2) is 12.1 Å². The second-order valence-electron chi connectivity index (χ2n) is 3.10. The molecule has 1 aromatic rings. The summed E-state index contributed by atoms with van der Waals surface area (Å²) in [5.41, 5.74) is -1.77. The summed E-state index contributed by atoms with van der Waals surface area (Å²) in [5.74, 6) is -2.69. The first-order valence-electron chi connectivity index (χ1n) is 4.27. The molecule has 0 aliphatic carbocycles. The Morgan fingerprint density at radius 3 is 2.41 bits per heavy atom. The first kappa shape index (κ1) is 13.0. The summed E-state index contributed by atoms with van der Waals surface area (Å²) in [5, 5.41) is 37.0. The molecule has 0 aromatic heterocycles. The van der Waals surface area contributed by atoms with E-state index in [9.17, 15) is 24.0 Å². The van der Waals surface area contributed by atoms with Gasteiger partial charge in [0, 0.05) is 17.7 Å². The van der Waals surface area contributed by atoms with Gasteiger partial charge in [-0.05, 0) is 0 Å². The average Bonchev–Trinajstić information content (AvgIpc) is 2.26. The highest BCUT2D eigenvalue weighted by molar-refractivity contribution is 5.38. The van der Waals surface area contributed by atoms with E-state index in [1.54, 1.807) is 0 Å². The van der Waals surface area contributed by atoms with E-state index in [4.69, 9.17) is 10.4 Å². The molecule has 8 heteroatoms. The highest BCUT2D eigenvalue weighted by atomic mass is 19.1. The smallest absolute Gasteiger partial charge is 0.305 e. The lowest BCUT2D eigenvalue weighted by molar-refractivity contribution is -0.387. The minimum atomic E-state index is -1.99. The van der Waals surface area contributed by atoms with Crippen molar-refractivity contribution in [3.8, 4) is 6.07 Å². The molecule has 1 rings (SSSR count). The van der Waals surface area contributed by atoms with Gasteiger partial charge >= 0.3 is 5.69 Å². The Hall–Kier alpha value is -2.11. The minimum absolute atomic E-state index is 0.209. The summed E-state index contributed by atoms with van der Waals surface area (Å²) < 4.78 is 26.1. The monoisotopic (exact) mass is 244 g/mol. The van der Waals surface area contributed by atoms with Gasteiger partial charge in [-0.1, -0.05) is 0 Å². The molecule has 0 fully saturated rings. The maximum atomic E-state index is 13.2. The number of hydrogen-bond donors (Lipinski definition) is 2. The molecule has 0 heterocycles. The first-order chi connectivity index (χ1) is 7.88. The van der Waals surface area contributed by atoms with Crippen LogP contribution < -0.4 is 0 Å². The lowest BCUT2D eigenvalue weighted by Gasteiger charge is -2.12. The van der Waals surface area contributed by atoms with E-state index in [0.717, 1.165) is 0 Å². The van der Waals surface area contributed by atoms with Gasteiger partial charge < -0.3 is 10.2 Å². The molecule has 0 saturated heterocycles. The molecule has 1 aromatic carbocycles. The molecule has 0 amide bonds. The Kier molecular flexibility index (Phi) is 3.67. The van der Waals surface area contributed by atoms with Gasteiger partial charge in [0.2, 0.25) is 5.82 Å². The second-order valence-corrected chi connectivity index (χ2v) is 3.10. The molecule has 17 heavy (non-hydrogen) atoms. The molecule has 0 spiro atoms. The van der Waals surface area contributed by atoms with Crippen molar-refractivity contribution in [3.63, 3.8) is 0 Å². The summed E-state index contributed by atoms with van der Waals surface area (Å²) >= 11 is 0. The average molecular weight is 244 g/mol. The van der Waals surface area contributed by atoms with Crippen LogP contribution in [-0.4, -0.2) is 21.2 Å². The fraction of sp³-hybridized carbons (Fsp3) is 0.222. The third-order valence-corrected chi connectivity index (χ3v) is 2.01. The van der Waals surface area contributed by atoms with Crippen LogP contribution in [0.3, 0.4) is 0 Å². The molecule has 6 nitrogen and oxygen atoms in total. The number of benzene rings is 1. The molecular weight excluding hydrogens is 238 g/mol. The third-order valence-electron chi connectivity index (χ3n) is 2.01. The predicted octanol–water partition coefficient (Wildman–Crippen LogP) is 0.791. The topological polar surface area (TPSA) is 107 Å². The Morgan fingerprint density at radius 1 is 1.35 bits per heavy atom. The van der Waals surface area contributed by atoms with E-state index in [1.165, 1.54) is 6.07 Å². The van der Waals surface area contributed by atoms with Gasteiger partial charge in [-0.3, -0.25) is 10.1 Å². The lowest BCUT2D eigenvalue weighted by atomic mass is 10.0. The summed E-state index contributed by atoms with van der Waals surface area (Å²) in [6, 6.07) is 1.88. The summed E-state index contributed by atoms with van der Waals surface area (Å²) in [6.45, 7) is 0. The first-order valence-corrected chi connectivity index (χ1v) is 4.27. The zero-order chi connectivity index (χ0) is 13.2. The van der Waals surface area contributed by atoms with Crippen LogP contribution in [0.25, 0.3) is 0 Å². The van der Waals surface area contributed by atoms with Crippen LogP contribution in [0.5, 0.6) is 0 Å². The quantitative estimate of drug-likeness (QED) is 0.464. The number of nitro benzene ring substituents is 1. The van der Waals surface area contributed by atoms with Gasteiger partial charge in [-0.2, -0.15) is 9.65 Å². The summed E-state index contributed by atoms with van der Waals surface area (Å²) in [7, 11) is 0. The SMILES string of the molecule is N#CC(O)C(O)c1cc([N+](=O)[O-])c(F)cc1F. The molecule has 0 aliphatic rings. The van der Waals surface area contributed by atoms with Gasteiger partial charge in [-0.25, -0.2) is 4.39 Å².